The summed E-state index contributed by atoms with van der Waals surface area (Å²) >= 11 is 0. The Morgan fingerprint density at radius 3 is 2.00 bits per heavy atom. The summed E-state index contributed by atoms with van der Waals surface area (Å²) < 4.78 is 0. The van der Waals surface area contributed by atoms with Crippen molar-refractivity contribution in [3.63, 3.8) is 0 Å². The topological polar surface area (TPSA) is 6.48 Å². The molecule has 2 aliphatic heterocycles. The van der Waals surface area contributed by atoms with Crippen LogP contribution in [0.2, 0.25) is 0 Å². The Labute approximate surface area is 326 Å². The summed E-state index contributed by atoms with van der Waals surface area (Å²) in [5.74, 6) is 0. The highest BCUT2D eigenvalue weighted by Crippen LogP contribution is 2.51. The fourth-order valence-electron chi connectivity index (χ4n) is 9.63. The van der Waals surface area contributed by atoms with Gasteiger partial charge in [-0.2, -0.15) is 0 Å². The van der Waals surface area contributed by atoms with E-state index in [1.54, 1.807) is 0 Å². The maximum absolute atomic E-state index is 2.64. The molecule has 0 saturated carbocycles. The Balaban J connectivity index is 0.925. The van der Waals surface area contributed by atoms with Crippen molar-refractivity contribution in [2.45, 2.75) is 45.1 Å². The van der Waals surface area contributed by atoms with Crippen molar-refractivity contribution in [3.05, 3.63) is 191 Å². The van der Waals surface area contributed by atoms with Crippen LogP contribution in [0.25, 0.3) is 46.6 Å². The lowest BCUT2D eigenvalue weighted by Crippen LogP contribution is -2.50. The summed E-state index contributed by atoms with van der Waals surface area (Å²) in [6, 6.07) is 49.8. The number of allylic oxidation sites excluding steroid dienone is 2. The van der Waals surface area contributed by atoms with E-state index >= 15 is 0 Å². The molecule has 0 amide bonds. The first-order chi connectivity index (χ1) is 26.9. The Kier molecular flexibility index (Phi) is 7.92. The molecule has 1 saturated heterocycles. The number of benzene rings is 6. The van der Waals surface area contributed by atoms with Gasteiger partial charge in [-0.05, 0) is 111 Å². The molecule has 2 aliphatic carbocycles. The Morgan fingerprint density at radius 2 is 1.24 bits per heavy atom. The van der Waals surface area contributed by atoms with Crippen LogP contribution in [0, 0.1) is 5.41 Å². The second-order valence-corrected chi connectivity index (χ2v) is 16.4. The molecule has 6 aromatic rings. The van der Waals surface area contributed by atoms with E-state index in [0.717, 1.165) is 12.2 Å². The highest BCUT2D eigenvalue weighted by molar-refractivity contribution is 5.94. The van der Waals surface area contributed by atoms with Crippen molar-refractivity contribution in [2.75, 3.05) is 16.3 Å². The van der Waals surface area contributed by atoms with E-state index in [-0.39, 0.29) is 10.8 Å². The second-order valence-electron chi connectivity index (χ2n) is 16.4. The van der Waals surface area contributed by atoms with Crippen molar-refractivity contribution in [2.24, 2.45) is 5.41 Å². The predicted molar refractivity (Wildman–Crippen MR) is 235 cm³/mol. The van der Waals surface area contributed by atoms with Crippen LogP contribution in [0.4, 0.5) is 22.7 Å². The molecule has 0 spiro atoms. The third-order valence-electron chi connectivity index (χ3n) is 12.6. The van der Waals surface area contributed by atoms with Gasteiger partial charge in [0.2, 0.25) is 0 Å². The van der Waals surface area contributed by atoms with Crippen LogP contribution in [0.3, 0.4) is 0 Å². The summed E-state index contributed by atoms with van der Waals surface area (Å²) in [4.78, 5) is 5.03. The van der Waals surface area contributed by atoms with Crippen LogP contribution < -0.4 is 9.80 Å². The first kappa shape index (κ1) is 33.4. The molecule has 2 atom stereocenters. The summed E-state index contributed by atoms with van der Waals surface area (Å²) in [6.45, 7) is 8.32. The molecule has 0 bridgehead atoms. The molecule has 268 valence electrons. The summed E-state index contributed by atoms with van der Waals surface area (Å²) in [6.07, 6.45) is 20.7. The summed E-state index contributed by atoms with van der Waals surface area (Å²) in [7, 11) is 0. The number of fused-ring (bicyclic) bond motifs is 6. The van der Waals surface area contributed by atoms with Crippen molar-refractivity contribution >= 4 is 47.1 Å². The molecule has 1 fully saturated rings. The lowest BCUT2D eigenvalue weighted by atomic mass is 9.72. The van der Waals surface area contributed by atoms with E-state index in [0.29, 0.717) is 6.04 Å². The number of rotatable bonds is 5. The molecule has 10 rings (SSSR count). The molecule has 2 nitrogen and oxygen atoms in total. The lowest BCUT2D eigenvalue weighted by molar-refractivity contribution is 0.284. The largest absolute Gasteiger partial charge is 0.364 e. The van der Waals surface area contributed by atoms with Crippen molar-refractivity contribution in [1.29, 1.82) is 0 Å². The van der Waals surface area contributed by atoms with Gasteiger partial charge in [0, 0.05) is 28.7 Å². The van der Waals surface area contributed by atoms with Crippen LogP contribution in [0.1, 0.15) is 67.0 Å². The van der Waals surface area contributed by atoms with Crippen LogP contribution in [-0.2, 0) is 5.41 Å². The molecule has 0 N–H and O–H groups in total. The van der Waals surface area contributed by atoms with Crippen LogP contribution in [-0.4, -0.2) is 12.6 Å². The number of piperidine rings is 1. The van der Waals surface area contributed by atoms with Gasteiger partial charge < -0.3 is 9.80 Å². The normalized spacial score (nSPS) is 20.1. The second kappa shape index (κ2) is 13.0. The molecule has 0 aromatic heterocycles. The zero-order valence-electron chi connectivity index (χ0n) is 31.9. The van der Waals surface area contributed by atoms with Gasteiger partial charge in [0.1, 0.15) is 0 Å². The first-order valence-corrected chi connectivity index (χ1v) is 19.8. The molecular formula is C53H46N2. The molecule has 0 radical (unpaired) electrons. The quantitative estimate of drug-likeness (QED) is 0.164. The molecule has 4 aliphatic rings. The zero-order chi connectivity index (χ0) is 37.1. The Bertz CT molecular complexity index is 2550. The highest BCUT2D eigenvalue weighted by Gasteiger charge is 2.40. The minimum Gasteiger partial charge on any atom is -0.364 e. The van der Waals surface area contributed by atoms with Crippen LogP contribution in [0.5, 0.6) is 0 Å². The van der Waals surface area contributed by atoms with Gasteiger partial charge in [-0.25, -0.2) is 0 Å². The van der Waals surface area contributed by atoms with E-state index in [2.05, 4.69) is 213 Å². The molecule has 2 heterocycles. The van der Waals surface area contributed by atoms with Crippen LogP contribution >= 0.6 is 0 Å². The van der Waals surface area contributed by atoms with E-state index in [9.17, 15) is 0 Å². The smallest absolute Gasteiger partial charge is 0.0564 e. The Hall–Kier alpha value is -6.12. The van der Waals surface area contributed by atoms with Gasteiger partial charge in [0.15, 0.2) is 0 Å². The number of hydrogen-bond acceptors (Lipinski definition) is 2. The van der Waals surface area contributed by atoms with E-state index in [1.807, 2.05) is 0 Å². The Morgan fingerprint density at radius 1 is 0.582 bits per heavy atom. The van der Waals surface area contributed by atoms with E-state index in [1.165, 1.54) is 85.5 Å². The first-order valence-electron chi connectivity index (χ1n) is 19.8. The third kappa shape index (κ3) is 5.71. The van der Waals surface area contributed by atoms with Gasteiger partial charge >= 0.3 is 0 Å². The van der Waals surface area contributed by atoms with Crippen molar-refractivity contribution in [3.8, 4) is 22.3 Å². The summed E-state index contributed by atoms with van der Waals surface area (Å²) in [5, 5.41) is 0. The fourth-order valence-corrected chi connectivity index (χ4v) is 9.63. The minimum atomic E-state index is -0.0820. The predicted octanol–water partition coefficient (Wildman–Crippen LogP) is 13.9. The van der Waals surface area contributed by atoms with E-state index in [4.69, 9.17) is 0 Å². The molecule has 6 aromatic carbocycles. The molecule has 55 heavy (non-hydrogen) atoms. The SMILES string of the molecule is CC1(C)c2cc(C=Cc3cccc(-c4cccc(N5c6ccccc6C=Cc6ccccc65)c4)c3)ccc2-c2ccc(N3CCCC4(C)C=CC=CC34)cc21. The average Bonchev–Trinajstić information content (AvgIpc) is 3.32. The van der Waals surface area contributed by atoms with Gasteiger partial charge in [0.25, 0.3) is 0 Å². The monoisotopic (exact) mass is 710 g/mol. The van der Waals surface area contributed by atoms with Gasteiger partial charge in [0.05, 0.1) is 17.4 Å². The minimum absolute atomic E-state index is 0.0820. The zero-order valence-corrected chi connectivity index (χ0v) is 31.9. The maximum Gasteiger partial charge on any atom is 0.0564 e. The van der Waals surface area contributed by atoms with E-state index < -0.39 is 0 Å². The number of hydrogen-bond donors (Lipinski definition) is 0. The molecule has 2 heteroatoms. The number of para-hydroxylation sites is 2. The third-order valence-corrected chi connectivity index (χ3v) is 12.6. The fraction of sp³-hybridized carbons (Fsp3) is 0.170. The van der Waals surface area contributed by atoms with Gasteiger partial charge in [-0.3, -0.25) is 0 Å². The molecular weight excluding hydrogens is 665 g/mol. The standard InChI is InChI=1S/C53H46N2/c1-52(2)47-34-38(24-28-45(47)46-29-27-43(36-48(46)52)54-32-12-31-53(3)30-9-8-21-51(53)54)23-22-37-13-10-16-41(33-37)42-17-11-18-44(35-42)55-49-19-6-4-14-39(49)25-26-40-15-5-7-20-50(40)55/h4-11,13-30,33-36,51H,12,31-32H2,1-3H3. The molecule has 2 unspecified atom stereocenters. The summed E-state index contributed by atoms with van der Waals surface area (Å²) in [5.41, 5.74) is 17.8. The highest BCUT2D eigenvalue weighted by atomic mass is 15.2. The van der Waals surface area contributed by atoms with Gasteiger partial charge in [-0.1, -0.05) is 160 Å². The average molecular weight is 711 g/mol. The van der Waals surface area contributed by atoms with Crippen molar-refractivity contribution in [1.82, 2.24) is 0 Å². The van der Waals surface area contributed by atoms with Crippen LogP contribution in [0.15, 0.2) is 158 Å². The van der Waals surface area contributed by atoms with Crippen molar-refractivity contribution < 1.29 is 0 Å². The number of nitrogens with zero attached hydrogens (tertiary/aromatic N) is 2. The number of anilines is 4. The maximum atomic E-state index is 2.64. The lowest BCUT2D eigenvalue weighted by Gasteiger charge is -2.48. The van der Waals surface area contributed by atoms with Gasteiger partial charge in [-0.15, -0.1) is 0 Å².